The van der Waals surface area contributed by atoms with Gasteiger partial charge in [-0.2, -0.15) is 5.10 Å². The minimum atomic E-state index is -0.107. The number of halogens is 1. The first kappa shape index (κ1) is 13.8. The summed E-state index contributed by atoms with van der Waals surface area (Å²) < 4.78 is 2.80. The van der Waals surface area contributed by atoms with Crippen LogP contribution in [0.25, 0.3) is 0 Å². The zero-order valence-electron chi connectivity index (χ0n) is 10.9. The van der Waals surface area contributed by atoms with E-state index in [1.54, 1.807) is 12.1 Å². The molecule has 2 rings (SSSR count). The molecule has 0 aliphatic heterocycles. The van der Waals surface area contributed by atoms with Gasteiger partial charge in [-0.15, -0.1) is 0 Å². The number of rotatable bonds is 4. The first-order valence-corrected chi connectivity index (χ1v) is 6.99. The van der Waals surface area contributed by atoms with E-state index < -0.39 is 0 Å². The zero-order chi connectivity index (χ0) is 13.8. The van der Waals surface area contributed by atoms with Gasteiger partial charge in [0.1, 0.15) is 0 Å². The van der Waals surface area contributed by atoms with Crippen LogP contribution < -0.4 is 5.32 Å². The minimum Gasteiger partial charge on any atom is -0.344 e. The van der Waals surface area contributed by atoms with E-state index in [2.05, 4.69) is 26.3 Å². The van der Waals surface area contributed by atoms with Crippen molar-refractivity contribution in [2.24, 2.45) is 0 Å². The lowest BCUT2D eigenvalue weighted by molar-refractivity contribution is 0.0939. The predicted molar refractivity (Wildman–Crippen MR) is 77.9 cm³/mol. The van der Waals surface area contributed by atoms with Crippen LogP contribution in [0.1, 0.15) is 35.9 Å². The van der Waals surface area contributed by atoms with E-state index in [1.807, 2.05) is 42.9 Å². The lowest BCUT2D eigenvalue weighted by Crippen LogP contribution is -2.27. The number of aryl methyl sites for hydroxylation is 1. The second kappa shape index (κ2) is 6.02. The van der Waals surface area contributed by atoms with Gasteiger partial charge in [-0.3, -0.25) is 9.48 Å². The van der Waals surface area contributed by atoms with E-state index >= 15 is 0 Å². The standard InChI is InChI=1S/C14H16BrN3O/c1-3-18-9-8-13(17-18)10(2)16-14(19)11-4-6-12(15)7-5-11/h4-10H,3H2,1-2H3,(H,16,19). The highest BCUT2D eigenvalue weighted by Gasteiger charge is 2.13. The van der Waals surface area contributed by atoms with Crippen molar-refractivity contribution in [2.45, 2.75) is 26.4 Å². The van der Waals surface area contributed by atoms with Gasteiger partial charge < -0.3 is 5.32 Å². The molecule has 100 valence electrons. The van der Waals surface area contributed by atoms with Gasteiger partial charge in [0.25, 0.3) is 5.91 Å². The number of nitrogens with zero attached hydrogens (tertiary/aromatic N) is 2. The molecule has 1 aromatic carbocycles. The van der Waals surface area contributed by atoms with Gasteiger partial charge in [-0.1, -0.05) is 15.9 Å². The van der Waals surface area contributed by atoms with E-state index in [0.717, 1.165) is 16.7 Å². The summed E-state index contributed by atoms with van der Waals surface area (Å²) in [5.41, 5.74) is 1.51. The highest BCUT2D eigenvalue weighted by molar-refractivity contribution is 9.10. The van der Waals surface area contributed by atoms with Gasteiger partial charge in [0.15, 0.2) is 0 Å². The Morgan fingerprint density at radius 1 is 1.37 bits per heavy atom. The molecule has 1 aromatic heterocycles. The molecule has 1 amide bonds. The summed E-state index contributed by atoms with van der Waals surface area (Å²) >= 11 is 3.35. The van der Waals surface area contributed by atoms with Crippen LogP contribution in [-0.4, -0.2) is 15.7 Å². The normalized spacial score (nSPS) is 12.2. The number of carbonyl (C=O) groups is 1. The van der Waals surface area contributed by atoms with Crippen molar-refractivity contribution in [3.63, 3.8) is 0 Å². The van der Waals surface area contributed by atoms with Crippen molar-refractivity contribution in [1.82, 2.24) is 15.1 Å². The van der Waals surface area contributed by atoms with Crippen molar-refractivity contribution in [2.75, 3.05) is 0 Å². The molecule has 0 bridgehead atoms. The largest absolute Gasteiger partial charge is 0.344 e. The second-order valence-corrected chi connectivity index (χ2v) is 5.21. The third-order valence-corrected chi connectivity index (χ3v) is 3.41. The van der Waals surface area contributed by atoms with Crippen LogP contribution >= 0.6 is 15.9 Å². The summed E-state index contributed by atoms with van der Waals surface area (Å²) in [6.45, 7) is 4.79. The van der Waals surface area contributed by atoms with E-state index in [1.165, 1.54) is 0 Å². The Morgan fingerprint density at radius 2 is 2.05 bits per heavy atom. The summed E-state index contributed by atoms with van der Waals surface area (Å²) in [5, 5.41) is 7.32. The van der Waals surface area contributed by atoms with E-state index in [4.69, 9.17) is 0 Å². The molecule has 0 saturated heterocycles. The van der Waals surface area contributed by atoms with Crippen LogP contribution in [0.3, 0.4) is 0 Å². The monoisotopic (exact) mass is 321 g/mol. The van der Waals surface area contributed by atoms with Crippen LogP contribution in [0.15, 0.2) is 41.0 Å². The molecule has 1 heterocycles. The fourth-order valence-corrected chi connectivity index (χ4v) is 2.00. The topological polar surface area (TPSA) is 46.9 Å². The molecular weight excluding hydrogens is 306 g/mol. The lowest BCUT2D eigenvalue weighted by atomic mass is 10.2. The molecule has 1 N–H and O–H groups in total. The predicted octanol–water partition coefficient (Wildman–Crippen LogP) is 3.16. The molecule has 4 nitrogen and oxygen atoms in total. The molecule has 2 aromatic rings. The van der Waals surface area contributed by atoms with Crippen molar-refractivity contribution in [1.29, 1.82) is 0 Å². The molecule has 0 aliphatic rings. The molecule has 0 radical (unpaired) electrons. The number of amides is 1. The number of nitrogens with one attached hydrogen (secondary N) is 1. The van der Waals surface area contributed by atoms with Gasteiger partial charge in [0.05, 0.1) is 11.7 Å². The van der Waals surface area contributed by atoms with Gasteiger partial charge >= 0.3 is 0 Å². The Balaban J connectivity index is 2.04. The first-order valence-electron chi connectivity index (χ1n) is 6.20. The molecule has 19 heavy (non-hydrogen) atoms. The Hall–Kier alpha value is -1.62. The number of aromatic nitrogens is 2. The van der Waals surface area contributed by atoms with Gasteiger partial charge in [-0.25, -0.2) is 0 Å². The summed E-state index contributed by atoms with van der Waals surface area (Å²) in [7, 11) is 0. The lowest BCUT2D eigenvalue weighted by Gasteiger charge is -2.11. The molecule has 5 heteroatoms. The first-order chi connectivity index (χ1) is 9.10. The highest BCUT2D eigenvalue weighted by Crippen LogP contribution is 2.13. The molecule has 1 atom stereocenters. The Kier molecular flexibility index (Phi) is 4.37. The smallest absolute Gasteiger partial charge is 0.251 e. The molecule has 1 unspecified atom stereocenters. The van der Waals surface area contributed by atoms with Crippen LogP contribution in [0.5, 0.6) is 0 Å². The number of hydrogen-bond donors (Lipinski definition) is 1. The summed E-state index contributed by atoms with van der Waals surface area (Å²) in [6.07, 6.45) is 1.91. The summed E-state index contributed by atoms with van der Waals surface area (Å²) in [5.74, 6) is -0.0916. The third kappa shape index (κ3) is 3.44. The number of benzene rings is 1. The summed E-state index contributed by atoms with van der Waals surface area (Å²) in [4.78, 5) is 12.1. The summed E-state index contributed by atoms with van der Waals surface area (Å²) in [6, 6.07) is 9.10. The Labute approximate surface area is 120 Å². The zero-order valence-corrected chi connectivity index (χ0v) is 12.5. The Morgan fingerprint density at radius 3 is 2.63 bits per heavy atom. The van der Waals surface area contributed by atoms with Gasteiger partial charge in [0.2, 0.25) is 0 Å². The van der Waals surface area contributed by atoms with Crippen LogP contribution in [0.4, 0.5) is 0 Å². The molecule has 0 spiro atoms. The van der Waals surface area contributed by atoms with Crippen LogP contribution in [-0.2, 0) is 6.54 Å². The van der Waals surface area contributed by atoms with Crippen LogP contribution in [0, 0.1) is 0 Å². The van der Waals surface area contributed by atoms with Crippen molar-refractivity contribution in [3.8, 4) is 0 Å². The number of hydrogen-bond acceptors (Lipinski definition) is 2. The fraction of sp³-hybridized carbons (Fsp3) is 0.286. The van der Waals surface area contributed by atoms with Crippen molar-refractivity contribution >= 4 is 21.8 Å². The second-order valence-electron chi connectivity index (χ2n) is 4.30. The molecular formula is C14H16BrN3O. The number of carbonyl (C=O) groups excluding carboxylic acids is 1. The van der Waals surface area contributed by atoms with Gasteiger partial charge in [-0.05, 0) is 44.2 Å². The SMILES string of the molecule is CCn1ccc(C(C)NC(=O)c2ccc(Br)cc2)n1. The molecule has 0 aliphatic carbocycles. The molecule has 0 saturated carbocycles. The van der Waals surface area contributed by atoms with Crippen molar-refractivity contribution < 1.29 is 4.79 Å². The van der Waals surface area contributed by atoms with Crippen molar-refractivity contribution in [3.05, 3.63) is 52.3 Å². The molecule has 0 fully saturated rings. The van der Waals surface area contributed by atoms with E-state index in [-0.39, 0.29) is 11.9 Å². The average molecular weight is 322 g/mol. The average Bonchev–Trinajstić information content (AvgIpc) is 2.88. The fourth-order valence-electron chi connectivity index (χ4n) is 1.74. The van der Waals surface area contributed by atoms with Gasteiger partial charge in [0, 0.05) is 22.8 Å². The van der Waals surface area contributed by atoms with E-state index in [0.29, 0.717) is 5.56 Å². The maximum Gasteiger partial charge on any atom is 0.251 e. The maximum atomic E-state index is 12.1. The van der Waals surface area contributed by atoms with E-state index in [9.17, 15) is 4.79 Å². The third-order valence-electron chi connectivity index (χ3n) is 2.88. The maximum absolute atomic E-state index is 12.1. The quantitative estimate of drug-likeness (QED) is 0.940. The van der Waals surface area contributed by atoms with Crippen LogP contribution in [0.2, 0.25) is 0 Å². The minimum absolute atomic E-state index is 0.0916. The Bertz CT molecular complexity index is 562. The highest BCUT2D eigenvalue weighted by atomic mass is 79.9.